The summed E-state index contributed by atoms with van der Waals surface area (Å²) in [6.07, 6.45) is 0. The summed E-state index contributed by atoms with van der Waals surface area (Å²) < 4.78 is 31.6. The third kappa shape index (κ3) is 2.05. The van der Waals surface area contributed by atoms with Gasteiger partial charge in [-0.05, 0) is 28.1 Å². The molecule has 2 aromatic rings. The van der Waals surface area contributed by atoms with E-state index in [9.17, 15) is 13.6 Å². The molecular weight excluding hydrogens is 300 g/mol. The van der Waals surface area contributed by atoms with Gasteiger partial charge in [0.25, 0.3) is 0 Å². The monoisotopic (exact) mass is 303 g/mol. The number of carbonyl (C=O) groups is 1. The predicted molar refractivity (Wildman–Crippen MR) is 56.5 cm³/mol. The molecule has 1 N–H and O–H groups in total. The van der Waals surface area contributed by atoms with E-state index < -0.39 is 28.9 Å². The molecule has 0 saturated heterocycles. The molecule has 0 atom stereocenters. The molecule has 0 saturated carbocycles. The summed E-state index contributed by atoms with van der Waals surface area (Å²) in [6.45, 7) is 0. The maximum atomic E-state index is 13.6. The smallest absolute Gasteiger partial charge is 0.374 e. The van der Waals surface area contributed by atoms with E-state index in [1.807, 2.05) is 0 Å². The van der Waals surface area contributed by atoms with Crippen LogP contribution in [0.5, 0.6) is 0 Å². The van der Waals surface area contributed by atoms with Crippen molar-refractivity contribution in [3.05, 3.63) is 40.1 Å². The first-order valence-corrected chi connectivity index (χ1v) is 5.14. The Hall–Kier alpha value is -1.76. The van der Waals surface area contributed by atoms with Gasteiger partial charge in [0, 0.05) is 6.07 Å². The summed E-state index contributed by atoms with van der Waals surface area (Å²) in [7, 11) is 0. The van der Waals surface area contributed by atoms with Crippen LogP contribution in [0.1, 0.15) is 10.6 Å². The standard InChI is InChI=1S/C10H4BrF2NO3/c11-4-1-2-5(12)8(9(4)13)6-3-7(10(15)16)17-14-6/h1-3H,(H,15,16). The van der Waals surface area contributed by atoms with Crippen molar-refractivity contribution in [2.24, 2.45) is 0 Å². The fourth-order valence-corrected chi connectivity index (χ4v) is 1.59. The van der Waals surface area contributed by atoms with E-state index in [0.717, 1.165) is 12.1 Å². The Morgan fingerprint density at radius 2 is 2.12 bits per heavy atom. The highest BCUT2D eigenvalue weighted by atomic mass is 79.9. The zero-order chi connectivity index (χ0) is 12.6. The first-order valence-electron chi connectivity index (χ1n) is 4.34. The van der Waals surface area contributed by atoms with E-state index in [2.05, 4.69) is 25.6 Å². The van der Waals surface area contributed by atoms with Crippen LogP contribution in [0.3, 0.4) is 0 Å². The van der Waals surface area contributed by atoms with Gasteiger partial charge in [0.15, 0.2) is 0 Å². The predicted octanol–water partition coefficient (Wildman–Crippen LogP) is 3.08. The molecule has 1 aromatic heterocycles. The number of nitrogens with zero attached hydrogens (tertiary/aromatic N) is 1. The number of hydrogen-bond acceptors (Lipinski definition) is 3. The zero-order valence-electron chi connectivity index (χ0n) is 8.08. The summed E-state index contributed by atoms with van der Waals surface area (Å²) in [6, 6.07) is 3.19. The van der Waals surface area contributed by atoms with Crippen molar-refractivity contribution in [1.29, 1.82) is 0 Å². The minimum absolute atomic E-state index is 0.0498. The Morgan fingerprint density at radius 3 is 2.71 bits per heavy atom. The summed E-state index contributed by atoms with van der Waals surface area (Å²) in [4.78, 5) is 10.6. The van der Waals surface area contributed by atoms with Gasteiger partial charge in [-0.2, -0.15) is 0 Å². The first kappa shape index (κ1) is 11.7. The van der Waals surface area contributed by atoms with Gasteiger partial charge in [-0.1, -0.05) is 5.16 Å². The van der Waals surface area contributed by atoms with Crippen LogP contribution in [0.15, 0.2) is 27.2 Å². The van der Waals surface area contributed by atoms with E-state index >= 15 is 0 Å². The van der Waals surface area contributed by atoms with Gasteiger partial charge < -0.3 is 9.63 Å². The van der Waals surface area contributed by atoms with Crippen molar-refractivity contribution < 1.29 is 23.2 Å². The van der Waals surface area contributed by atoms with E-state index in [-0.39, 0.29) is 10.2 Å². The van der Waals surface area contributed by atoms with Crippen LogP contribution in [0.4, 0.5) is 8.78 Å². The van der Waals surface area contributed by atoms with Crippen LogP contribution in [0, 0.1) is 11.6 Å². The molecule has 0 aliphatic heterocycles. The molecule has 0 aliphatic carbocycles. The minimum Gasteiger partial charge on any atom is -0.475 e. The molecule has 0 aliphatic rings. The number of carboxylic acid groups (broad SMARTS) is 1. The summed E-state index contributed by atoms with van der Waals surface area (Å²) >= 11 is 2.90. The van der Waals surface area contributed by atoms with Crippen molar-refractivity contribution in [3.63, 3.8) is 0 Å². The van der Waals surface area contributed by atoms with Crippen LogP contribution in [0.25, 0.3) is 11.3 Å². The molecule has 0 spiro atoms. The second-order valence-corrected chi connectivity index (χ2v) is 3.95. The summed E-state index contributed by atoms with van der Waals surface area (Å²) in [5.41, 5.74) is -0.644. The van der Waals surface area contributed by atoms with Crippen LogP contribution >= 0.6 is 15.9 Å². The number of aromatic nitrogens is 1. The van der Waals surface area contributed by atoms with Gasteiger partial charge >= 0.3 is 5.97 Å². The minimum atomic E-state index is -1.36. The molecule has 0 radical (unpaired) electrons. The van der Waals surface area contributed by atoms with Crippen LogP contribution in [-0.2, 0) is 0 Å². The Kier molecular flexibility index (Phi) is 2.93. The van der Waals surface area contributed by atoms with Gasteiger partial charge in [0.05, 0.1) is 10.0 Å². The highest BCUT2D eigenvalue weighted by Crippen LogP contribution is 2.30. The van der Waals surface area contributed by atoms with E-state index in [1.54, 1.807) is 0 Å². The average Bonchev–Trinajstić information content (AvgIpc) is 2.73. The van der Waals surface area contributed by atoms with Crippen molar-refractivity contribution in [2.45, 2.75) is 0 Å². The highest BCUT2D eigenvalue weighted by molar-refractivity contribution is 9.10. The molecule has 0 bridgehead atoms. The Labute approximate surface area is 102 Å². The molecule has 7 heteroatoms. The molecule has 1 heterocycles. The summed E-state index contributed by atoms with van der Waals surface area (Å²) in [5, 5.41) is 11.9. The fraction of sp³-hybridized carbons (Fsp3) is 0. The Morgan fingerprint density at radius 1 is 1.41 bits per heavy atom. The lowest BCUT2D eigenvalue weighted by atomic mass is 10.1. The molecule has 17 heavy (non-hydrogen) atoms. The van der Waals surface area contributed by atoms with E-state index in [1.165, 1.54) is 6.07 Å². The zero-order valence-corrected chi connectivity index (χ0v) is 9.66. The second kappa shape index (κ2) is 4.25. The maximum Gasteiger partial charge on any atom is 0.374 e. The third-order valence-electron chi connectivity index (χ3n) is 2.02. The van der Waals surface area contributed by atoms with Gasteiger partial charge in [-0.3, -0.25) is 0 Å². The van der Waals surface area contributed by atoms with Gasteiger partial charge in [0.2, 0.25) is 5.76 Å². The largest absolute Gasteiger partial charge is 0.475 e. The molecule has 0 unspecified atom stereocenters. The molecule has 0 fully saturated rings. The number of halogens is 3. The van der Waals surface area contributed by atoms with Crippen LogP contribution in [-0.4, -0.2) is 16.2 Å². The van der Waals surface area contributed by atoms with Crippen molar-refractivity contribution in [2.75, 3.05) is 0 Å². The summed E-state index contributed by atoms with van der Waals surface area (Å²) in [5.74, 6) is -3.57. The number of rotatable bonds is 2. The maximum absolute atomic E-state index is 13.6. The second-order valence-electron chi connectivity index (χ2n) is 3.10. The van der Waals surface area contributed by atoms with E-state index in [4.69, 9.17) is 5.11 Å². The average molecular weight is 304 g/mol. The van der Waals surface area contributed by atoms with Crippen molar-refractivity contribution in [1.82, 2.24) is 5.16 Å². The number of benzene rings is 1. The first-order chi connectivity index (χ1) is 8.00. The Bertz CT molecular complexity index is 597. The lowest BCUT2D eigenvalue weighted by Gasteiger charge is -2.01. The quantitative estimate of drug-likeness (QED) is 0.866. The SMILES string of the molecule is O=C(O)c1cc(-c2c(F)ccc(Br)c2F)no1. The van der Waals surface area contributed by atoms with Crippen LogP contribution < -0.4 is 0 Å². The molecule has 1 aromatic carbocycles. The molecule has 2 rings (SSSR count). The molecule has 88 valence electrons. The van der Waals surface area contributed by atoms with E-state index in [0.29, 0.717) is 0 Å². The lowest BCUT2D eigenvalue weighted by molar-refractivity contribution is 0.0652. The van der Waals surface area contributed by atoms with Crippen molar-refractivity contribution in [3.8, 4) is 11.3 Å². The topological polar surface area (TPSA) is 63.3 Å². The van der Waals surface area contributed by atoms with Gasteiger partial charge in [-0.25, -0.2) is 13.6 Å². The number of hydrogen-bond donors (Lipinski definition) is 1. The fourth-order valence-electron chi connectivity index (χ4n) is 1.26. The van der Waals surface area contributed by atoms with Gasteiger partial charge in [0.1, 0.15) is 17.3 Å². The molecular formula is C10H4BrF2NO3. The molecule has 0 amide bonds. The highest BCUT2D eigenvalue weighted by Gasteiger charge is 2.20. The van der Waals surface area contributed by atoms with Crippen molar-refractivity contribution >= 4 is 21.9 Å². The van der Waals surface area contributed by atoms with Gasteiger partial charge in [-0.15, -0.1) is 0 Å². The Balaban J connectivity index is 2.60. The lowest BCUT2D eigenvalue weighted by Crippen LogP contribution is -1.93. The number of carboxylic acids is 1. The molecule has 4 nitrogen and oxygen atoms in total. The normalized spacial score (nSPS) is 10.5. The number of aromatic carboxylic acids is 1. The van der Waals surface area contributed by atoms with Crippen LogP contribution in [0.2, 0.25) is 0 Å². The third-order valence-corrected chi connectivity index (χ3v) is 2.63.